The molecule has 0 aromatic rings. The first-order chi connectivity index (χ1) is 3.89. The molecule has 2 fully saturated rings. The molecule has 0 amide bonds. The summed E-state index contributed by atoms with van der Waals surface area (Å²) in [7, 11) is 0. The fourth-order valence-electron chi connectivity index (χ4n) is 1.83. The summed E-state index contributed by atoms with van der Waals surface area (Å²) in [6, 6.07) is 0. The van der Waals surface area contributed by atoms with Crippen molar-refractivity contribution in [3.05, 3.63) is 0 Å². The van der Waals surface area contributed by atoms with Crippen molar-refractivity contribution in [2.24, 2.45) is 17.8 Å². The summed E-state index contributed by atoms with van der Waals surface area (Å²) in [5.41, 5.74) is 0. The van der Waals surface area contributed by atoms with Gasteiger partial charge in [-0.1, -0.05) is 6.92 Å². The fraction of sp³-hybridized carbons (Fsp3) is 1.00. The van der Waals surface area contributed by atoms with E-state index in [0.717, 1.165) is 31.0 Å². The second kappa shape index (κ2) is 1.47. The zero-order valence-electron chi connectivity index (χ0n) is 5.26. The number of fused-ring (bicyclic) bond motifs is 1. The zero-order valence-corrected chi connectivity index (χ0v) is 5.26. The van der Waals surface area contributed by atoms with E-state index in [2.05, 4.69) is 6.92 Å². The van der Waals surface area contributed by atoms with Gasteiger partial charge in [-0.15, -0.1) is 0 Å². The first-order valence-corrected chi connectivity index (χ1v) is 3.47. The molecule has 1 nitrogen and oxygen atoms in total. The summed E-state index contributed by atoms with van der Waals surface area (Å²) in [4.78, 5) is 0. The Morgan fingerprint density at radius 2 is 2.25 bits per heavy atom. The quantitative estimate of drug-likeness (QED) is 0.459. The highest BCUT2D eigenvalue weighted by Crippen LogP contribution is 2.50. The van der Waals surface area contributed by atoms with Crippen LogP contribution in [0.2, 0.25) is 0 Å². The van der Waals surface area contributed by atoms with Gasteiger partial charge in [-0.05, 0) is 24.2 Å². The Morgan fingerprint density at radius 1 is 1.38 bits per heavy atom. The van der Waals surface area contributed by atoms with Gasteiger partial charge in [0.15, 0.2) is 0 Å². The zero-order chi connectivity index (χ0) is 5.56. The largest absolute Gasteiger partial charge is 0.381 e. The van der Waals surface area contributed by atoms with E-state index in [1.54, 1.807) is 0 Å². The van der Waals surface area contributed by atoms with Crippen LogP contribution in [0.1, 0.15) is 13.3 Å². The van der Waals surface area contributed by atoms with Crippen molar-refractivity contribution in [1.82, 2.24) is 0 Å². The molecule has 0 aromatic heterocycles. The molecular weight excluding hydrogens is 100 g/mol. The Bertz CT molecular complexity index is 88.6. The number of rotatable bonds is 0. The molecule has 0 spiro atoms. The van der Waals surface area contributed by atoms with E-state index < -0.39 is 0 Å². The van der Waals surface area contributed by atoms with Crippen molar-refractivity contribution in [2.75, 3.05) is 13.2 Å². The minimum Gasteiger partial charge on any atom is -0.381 e. The molecule has 46 valence electrons. The second-order valence-electron chi connectivity index (χ2n) is 3.05. The summed E-state index contributed by atoms with van der Waals surface area (Å²) in [6.07, 6.45) is 1.33. The maximum absolute atomic E-state index is 5.29. The minimum absolute atomic E-state index is 0.948. The van der Waals surface area contributed by atoms with Crippen LogP contribution in [0.25, 0.3) is 0 Å². The summed E-state index contributed by atoms with van der Waals surface area (Å²) in [5.74, 6) is 2.98. The Kier molecular flexibility index (Phi) is 0.884. The van der Waals surface area contributed by atoms with Crippen molar-refractivity contribution < 1.29 is 4.74 Å². The van der Waals surface area contributed by atoms with Crippen molar-refractivity contribution in [3.8, 4) is 0 Å². The van der Waals surface area contributed by atoms with Gasteiger partial charge in [0, 0.05) is 13.2 Å². The van der Waals surface area contributed by atoms with Crippen molar-refractivity contribution in [2.45, 2.75) is 13.3 Å². The summed E-state index contributed by atoms with van der Waals surface area (Å²) >= 11 is 0. The van der Waals surface area contributed by atoms with Crippen molar-refractivity contribution in [3.63, 3.8) is 0 Å². The average molecular weight is 112 g/mol. The Hall–Kier alpha value is -0.0400. The molecule has 1 saturated heterocycles. The van der Waals surface area contributed by atoms with Gasteiger partial charge in [-0.25, -0.2) is 0 Å². The number of hydrogen-bond acceptors (Lipinski definition) is 1. The van der Waals surface area contributed by atoms with Crippen LogP contribution in [-0.4, -0.2) is 13.2 Å². The van der Waals surface area contributed by atoms with E-state index in [4.69, 9.17) is 4.74 Å². The van der Waals surface area contributed by atoms with E-state index in [1.165, 1.54) is 6.42 Å². The van der Waals surface area contributed by atoms with Gasteiger partial charge in [-0.3, -0.25) is 0 Å². The molecule has 2 rings (SSSR count). The first-order valence-electron chi connectivity index (χ1n) is 3.47. The molecule has 1 heteroatoms. The highest BCUT2D eigenvalue weighted by atomic mass is 16.5. The Labute approximate surface area is 50.0 Å². The normalized spacial score (nSPS) is 52.9. The van der Waals surface area contributed by atoms with Gasteiger partial charge in [0.25, 0.3) is 0 Å². The van der Waals surface area contributed by atoms with Gasteiger partial charge in [0.05, 0.1) is 0 Å². The van der Waals surface area contributed by atoms with Gasteiger partial charge in [0.1, 0.15) is 0 Å². The average Bonchev–Trinajstić information content (AvgIpc) is 2.46. The molecule has 1 saturated carbocycles. The third-order valence-electron chi connectivity index (χ3n) is 2.67. The molecule has 0 aromatic carbocycles. The molecule has 8 heavy (non-hydrogen) atoms. The van der Waals surface area contributed by atoms with Crippen LogP contribution >= 0.6 is 0 Å². The van der Waals surface area contributed by atoms with E-state index in [0.29, 0.717) is 0 Å². The van der Waals surface area contributed by atoms with Crippen LogP contribution in [-0.2, 0) is 4.74 Å². The third kappa shape index (κ3) is 0.510. The lowest BCUT2D eigenvalue weighted by atomic mass is 10.2. The molecular formula is C7H12O. The van der Waals surface area contributed by atoms with Crippen LogP contribution < -0.4 is 0 Å². The highest BCUT2D eigenvalue weighted by Gasteiger charge is 2.47. The predicted molar refractivity (Wildman–Crippen MR) is 31.6 cm³/mol. The van der Waals surface area contributed by atoms with Gasteiger partial charge in [-0.2, -0.15) is 0 Å². The molecule has 2 unspecified atom stereocenters. The molecule has 2 aliphatic rings. The van der Waals surface area contributed by atoms with Crippen LogP contribution in [0.15, 0.2) is 0 Å². The first kappa shape index (κ1) is 4.80. The SMILES string of the molecule is CC1C2CCOC[C@H]12. The lowest BCUT2D eigenvalue weighted by Crippen LogP contribution is -2.06. The van der Waals surface area contributed by atoms with Gasteiger partial charge < -0.3 is 4.74 Å². The minimum atomic E-state index is 0.948. The van der Waals surface area contributed by atoms with Crippen LogP contribution in [0.3, 0.4) is 0 Å². The number of ether oxygens (including phenoxy) is 1. The molecule has 1 aliphatic heterocycles. The van der Waals surface area contributed by atoms with Crippen LogP contribution in [0, 0.1) is 17.8 Å². The standard InChI is InChI=1S/C7H12O/c1-5-6-2-3-8-4-7(5)6/h5-7H,2-4H2,1H3/t5?,6?,7-/m1/s1. The number of hydrogen-bond donors (Lipinski definition) is 0. The smallest absolute Gasteiger partial charge is 0.0499 e. The summed E-state index contributed by atoms with van der Waals surface area (Å²) < 4.78 is 5.29. The molecule has 1 aliphatic carbocycles. The van der Waals surface area contributed by atoms with E-state index >= 15 is 0 Å². The molecule has 0 radical (unpaired) electrons. The molecule has 1 heterocycles. The summed E-state index contributed by atoms with van der Waals surface area (Å²) in [5, 5.41) is 0. The molecule has 0 bridgehead atoms. The maximum Gasteiger partial charge on any atom is 0.0499 e. The monoisotopic (exact) mass is 112 g/mol. The van der Waals surface area contributed by atoms with Crippen molar-refractivity contribution >= 4 is 0 Å². The lowest BCUT2D eigenvalue weighted by molar-refractivity contribution is 0.0885. The van der Waals surface area contributed by atoms with Crippen LogP contribution in [0.5, 0.6) is 0 Å². The second-order valence-corrected chi connectivity index (χ2v) is 3.05. The summed E-state index contributed by atoms with van der Waals surface area (Å²) in [6.45, 7) is 4.40. The Morgan fingerprint density at radius 3 is 2.75 bits per heavy atom. The van der Waals surface area contributed by atoms with Gasteiger partial charge >= 0.3 is 0 Å². The van der Waals surface area contributed by atoms with E-state index in [9.17, 15) is 0 Å². The van der Waals surface area contributed by atoms with Crippen LogP contribution in [0.4, 0.5) is 0 Å². The van der Waals surface area contributed by atoms with Gasteiger partial charge in [0.2, 0.25) is 0 Å². The topological polar surface area (TPSA) is 9.23 Å². The van der Waals surface area contributed by atoms with E-state index in [-0.39, 0.29) is 0 Å². The fourth-order valence-corrected chi connectivity index (χ4v) is 1.83. The molecule has 0 N–H and O–H groups in total. The maximum atomic E-state index is 5.29. The third-order valence-corrected chi connectivity index (χ3v) is 2.67. The Balaban J connectivity index is 1.97. The predicted octanol–water partition coefficient (Wildman–Crippen LogP) is 1.29. The highest BCUT2D eigenvalue weighted by molar-refractivity contribution is 4.95. The molecule has 3 atom stereocenters. The van der Waals surface area contributed by atoms with E-state index in [1.807, 2.05) is 0 Å². The van der Waals surface area contributed by atoms with Crippen molar-refractivity contribution in [1.29, 1.82) is 0 Å². The lowest BCUT2D eigenvalue weighted by Gasteiger charge is -2.07.